The Hall–Kier alpha value is -1.22. The number of hydrogen-bond acceptors (Lipinski definition) is 3. The molecule has 0 saturated heterocycles. The van der Waals surface area contributed by atoms with Gasteiger partial charge in [0.1, 0.15) is 11.4 Å². The molecule has 2 rings (SSSR count). The van der Waals surface area contributed by atoms with Gasteiger partial charge in [-0.25, -0.2) is 0 Å². The van der Waals surface area contributed by atoms with E-state index in [1.165, 1.54) is 11.3 Å². The van der Waals surface area contributed by atoms with Crippen LogP contribution in [0, 0.1) is 6.92 Å². The van der Waals surface area contributed by atoms with E-state index in [1.54, 1.807) is 0 Å². The second-order valence-electron chi connectivity index (χ2n) is 5.46. The maximum atomic E-state index is 9.09. The molecule has 106 valence electrons. The van der Waals surface area contributed by atoms with Crippen LogP contribution in [0.4, 0.5) is 5.69 Å². The van der Waals surface area contributed by atoms with Gasteiger partial charge in [0.2, 0.25) is 0 Å². The van der Waals surface area contributed by atoms with E-state index in [1.807, 2.05) is 0 Å². The first-order valence-electron chi connectivity index (χ1n) is 7.29. The first-order chi connectivity index (χ1) is 9.14. The molecule has 0 bridgehead atoms. The van der Waals surface area contributed by atoms with Gasteiger partial charge in [0.25, 0.3) is 0 Å². The van der Waals surface area contributed by atoms with Crippen LogP contribution in [0.15, 0.2) is 18.2 Å². The summed E-state index contributed by atoms with van der Waals surface area (Å²) in [6.07, 6.45) is 2.82. The Morgan fingerprint density at radius 2 is 2.05 bits per heavy atom. The number of benzene rings is 1. The lowest BCUT2D eigenvalue weighted by atomic mass is 9.93. The van der Waals surface area contributed by atoms with E-state index in [2.05, 4.69) is 43.9 Å². The van der Waals surface area contributed by atoms with Crippen molar-refractivity contribution in [3.63, 3.8) is 0 Å². The minimum Gasteiger partial charge on any atom is -0.483 e. The molecular formula is C16H25NO2. The minimum atomic E-state index is -0.0856. The van der Waals surface area contributed by atoms with Crippen molar-refractivity contribution in [2.24, 2.45) is 0 Å². The summed E-state index contributed by atoms with van der Waals surface area (Å²) >= 11 is 0. The fourth-order valence-electron chi connectivity index (χ4n) is 2.74. The third kappa shape index (κ3) is 2.86. The summed E-state index contributed by atoms with van der Waals surface area (Å²) in [4.78, 5) is 2.37. The highest BCUT2D eigenvalue weighted by Gasteiger charge is 2.36. The maximum Gasteiger partial charge on any atom is 0.143 e. The predicted molar refractivity (Wildman–Crippen MR) is 79.0 cm³/mol. The highest BCUT2D eigenvalue weighted by molar-refractivity contribution is 5.62. The van der Waals surface area contributed by atoms with Crippen molar-refractivity contribution in [3.05, 3.63) is 23.8 Å². The predicted octanol–water partition coefficient (Wildman–Crippen LogP) is 3.14. The molecule has 1 heterocycles. The number of aryl methyl sites for hydroxylation is 1. The fourth-order valence-corrected chi connectivity index (χ4v) is 2.74. The summed E-state index contributed by atoms with van der Waals surface area (Å²) < 4.78 is 6.28. The van der Waals surface area contributed by atoms with E-state index in [0.29, 0.717) is 0 Å². The van der Waals surface area contributed by atoms with E-state index in [-0.39, 0.29) is 12.2 Å². The summed E-state index contributed by atoms with van der Waals surface area (Å²) in [6, 6.07) is 6.36. The molecule has 3 heteroatoms. The largest absolute Gasteiger partial charge is 0.483 e. The normalized spacial score (nSPS) is 16.9. The fraction of sp³-hybridized carbons (Fsp3) is 0.625. The SMILES string of the molecule is CCC1(CC)CN(CCCO)c2cc(C)ccc2O1. The Kier molecular flexibility index (Phi) is 4.35. The second-order valence-corrected chi connectivity index (χ2v) is 5.46. The lowest BCUT2D eigenvalue weighted by Crippen LogP contribution is -2.50. The molecule has 1 aromatic rings. The minimum absolute atomic E-state index is 0.0856. The Bertz CT molecular complexity index is 427. The molecule has 1 aliphatic heterocycles. The number of nitrogens with zero attached hydrogens (tertiary/aromatic N) is 1. The lowest BCUT2D eigenvalue weighted by molar-refractivity contribution is 0.0570. The number of hydrogen-bond donors (Lipinski definition) is 1. The van der Waals surface area contributed by atoms with Crippen LogP contribution in [-0.2, 0) is 0 Å². The molecular weight excluding hydrogens is 238 g/mol. The van der Waals surface area contributed by atoms with Crippen molar-refractivity contribution in [2.45, 2.75) is 45.6 Å². The number of ether oxygens (including phenoxy) is 1. The van der Waals surface area contributed by atoms with E-state index in [9.17, 15) is 0 Å². The highest BCUT2D eigenvalue weighted by atomic mass is 16.5. The van der Waals surface area contributed by atoms with Crippen LogP contribution in [0.2, 0.25) is 0 Å². The molecule has 1 aromatic carbocycles. The van der Waals surface area contributed by atoms with Gasteiger partial charge in [-0.3, -0.25) is 0 Å². The Morgan fingerprint density at radius 3 is 2.68 bits per heavy atom. The zero-order valence-corrected chi connectivity index (χ0v) is 12.3. The van der Waals surface area contributed by atoms with E-state index in [4.69, 9.17) is 9.84 Å². The molecule has 0 radical (unpaired) electrons. The van der Waals surface area contributed by atoms with Crippen LogP contribution in [-0.4, -0.2) is 30.4 Å². The van der Waals surface area contributed by atoms with Crippen LogP contribution in [0.5, 0.6) is 5.75 Å². The smallest absolute Gasteiger partial charge is 0.143 e. The van der Waals surface area contributed by atoms with Gasteiger partial charge in [-0.15, -0.1) is 0 Å². The first kappa shape index (κ1) is 14.2. The molecule has 1 aliphatic rings. The Labute approximate surface area is 116 Å². The molecule has 19 heavy (non-hydrogen) atoms. The molecule has 1 N–H and O–H groups in total. The number of fused-ring (bicyclic) bond motifs is 1. The summed E-state index contributed by atoms with van der Waals surface area (Å²) in [6.45, 7) is 8.52. The molecule has 0 amide bonds. The van der Waals surface area contributed by atoms with Crippen molar-refractivity contribution in [1.82, 2.24) is 0 Å². The van der Waals surface area contributed by atoms with E-state index >= 15 is 0 Å². The van der Waals surface area contributed by atoms with E-state index < -0.39 is 0 Å². The van der Waals surface area contributed by atoms with Crippen molar-refractivity contribution in [2.75, 3.05) is 24.6 Å². The van der Waals surface area contributed by atoms with Gasteiger partial charge in [-0.1, -0.05) is 19.9 Å². The number of rotatable bonds is 5. The summed E-state index contributed by atoms with van der Waals surface area (Å²) in [5.74, 6) is 0.985. The Balaban J connectivity index is 2.34. The monoisotopic (exact) mass is 263 g/mol. The Morgan fingerprint density at radius 1 is 1.32 bits per heavy atom. The molecule has 0 spiro atoms. The first-order valence-corrected chi connectivity index (χ1v) is 7.29. The van der Waals surface area contributed by atoms with Gasteiger partial charge in [0, 0.05) is 13.2 Å². The van der Waals surface area contributed by atoms with Crippen LogP contribution in [0.3, 0.4) is 0 Å². The molecule has 0 atom stereocenters. The average Bonchev–Trinajstić information content (AvgIpc) is 2.44. The van der Waals surface area contributed by atoms with Crippen molar-refractivity contribution >= 4 is 5.69 Å². The topological polar surface area (TPSA) is 32.7 Å². The molecule has 0 aliphatic carbocycles. The average molecular weight is 263 g/mol. The van der Waals surface area contributed by atoms with Crippen LogP contribution in [0.1, 0.15) is 38.7 Å². The molecule has 0 fully saturated rings. The van der Waals surface area contributed by atoms with Gasteiger partial charge in [0.15, 0.2) is 0 Å². The van der Waals surface area contributed by atoms with Crippen LogP contribution >= 0.6 is 0 Å². The maximum absolute atomic E-state index is 9.09. The highest BCUT2D eigenvalue weighted by Crippen LogP contribution is 2.40. The number of aliphatic hydroxyl groups is 1. The second kappa shape index (κ2) is 5.83. The molecule has 0 saturated carbocycles. The van der Waals surface area contributed by atoms with Crippen LogP contribution < -0.4 is 9.64 Å². The zero-order chi connectivity index (χ0) is 13.9. The van der Waals surface area contributed by atoms with Gasteiger partial charge in [0.05, 0.1) is 12.2 Å². The molecule has 0 unspecified atom stereocenters. The van der Waals surface area contributed by atoms with Crippen molar-refractivity contribution in [3.8, 4) is 5.75 Å². The van der Waals surface area contributed by atoms with Gasteiger partial charge in [-0.05, 0) is 43.9 Å². The molecule has 3 nitrogen and oxygen atoms in total. The molecule has 0 aromatic heterocycles. The van der Waals surface area contributed by atoms with Crippen molar-refractivity contribution < 1.29 is 9.84 Å². The quantitative estimate of drug-likeness (QED) is 0.886. The van der Waals surface area contributed by atoms with Crippen molar-refractivity contribution in [1.29, 1.82) is 0 Å². The van der Waals surface area contributed by atoms with Gasteiger partial charge in [-0.2, -0.15) is 0 Å². The summed E-state index contributed by atoms with van der Waals surface area (Å²) in [7, 11) is 0. The third-order valence-corrected chi connectivity index (χ3v) is 4.14. The summed E-state index contributed by atoms with van der Waals surface area (Å²) in [5, 5.41) is 9.09. The van der Waals surface area contributed by atoms with Gasteiger partial charge < -0.3 is 14.7 Å². The van der Waals surface area contributed by atoms with E-state index in [0.717, 1.165) is 38.1 Å². The lowest BCUT2D eigenvalue weighted by Gasteiger charge is -2.44. The summed E-state index contributed by atoms with van der Waals surface area (Å²) in [5.41, 5.74) is 2.33. The third-order valence-electron chi connectivity index (χ3n) is 4.14. The van der Waals surface area contributed by atoms with Crippen LogP contribution in [0.25, 0.3) is 0 Å². The van der Waals surface area contributed by atoms with Gasteiger partial charge >= 0.3 is 0 Å². The zero-order valence-electron chi connectivity index (χ0n) is 12.3. The number of anilines is 1. The standard InChI is InChI=1S/C16H25NO2/c1-4-16(5-2)12-17(9-6-10-18)14-11-13(3)7-8-15(14)19-16/h7-8,11,18H,4-6,9-10,12H2,1-3H3. The number of aliphatic hydroxyl groups excluding tert-OH is 1.